The molecule has 1 aromatic carbocycles. The zero-order valence-corrected chi connectivity index (χ0v) is 12.7. The Morgan fingerprint density at radius 1 is 1.32 bits per heavy atom. The van der Waals surface area contributed by atoms with Crippen molar-refractivity contribution in [2.75, 3.05) is 6.61 Å². The number of aromatic carboxylic acids is 1. The summed E-state index contributed by atoms with van der Waals surface area (Å²) in [6.45, 7) is 0.266. The number of rotatable bonds is 2. The minimum absolute atomic E-state index is 0.0136. The fraction of sp³-hybridized carbons (Fsp3) is 0.526. The Kier molecular flexibility index (Phi) is 3.15. The quantitative estimate of drug-likeness (QED) is 0.823. The first-order valence-corrected chi connectivity index (χ1v) is 8.29. The number of aliphatic hydroxyl groups excluding tert-OH is 1. The summed E-state index contributed by atoms with van der Waals surface area (Å²) >= 11 is 0. The average Bonchev–Trinajstić information content (AvgIpc) is 2.98. The standard InChI is InChI=1S/C19H22O3/c20-11-19-8-1-2-17(19)16-6-3-12-10-13(18(21)22)4-5-14(12)15(16)7-9-19/h1,4-5,8,10,15-17,20H,2-3,6-7,9,11H2,(H,21,22)/t15-,16-,17+,19+/m1/s1. The molecule has 3 aliphatic carbocycles. The van der Waals surface area contributed by atoms with E-state index >= 15 is 0 Å². The third-order valence-corrected chi connectivity index (χ3v) is 6.36. The first-order valence-electron chi connectivity index (χ1n) is 8.29. The van der Waals surface area contributed by atoms with Crippen LogP contribution in [0.5, 0.6) is 0 Å². The van der Waals surface area contributed by atoms with Gasteiger partial charge in [-0.25, -0.2) is 4.79 Å². The molecule has 1 saturated carbocycles. The van der Waals surface area contributed by atoms with Gasteiger partial charge in [-0.1, -0.05) is 18.2 Å². The molecule has 0 radical (unpaired) electrons. The first kappa shape index (κ1) is 14.0. The Morgan fingerprint density at radius 2 is 2.18 bits per heavy atom. The highest BCUT2D eigenvalue weighted by Crippen LogP contribution is 2.58. The summed E-state index contributed by atoms with van der Waals surface area (Å²) in [6, 6.07) is 5.67. The maximum atomic E-state index is 11.2. The van der Waals surface area contributed by atoms with Gasteiger partial charge in [0.2, 0.25) is 0 Å². The van der Waals surface area contributed by atoms with E-state index in [2.05, 4.69) is 12.2 Å². The summed E-state index contributed by atoms with van der Waals surface area (Å²) in [5.41, 5.74) is 3.00. The number of carboxylic acids is 1. The number of carboxylic acid groups (broad SMARTS) is 1. The van der Waals surface area contributed by atoms with Crippen molar-refractivity contribution in [1.29, 1.82) is 0 Å². The molecule has 2 N–H and O–H groups in total. The summed E-state index contributed by atoms with van der Waals surface area (Å²) in [5, 5.41) is 19.1. The second-order valence-corrected chi connectivity index (χ2v) is 7.20. The van der Waals surface area contributed by atoms with E-state index in [1.807, 2.05) is 12.1 Å². The number of allylic oxidation sites excluding steroid dienone is 1. The summed E-state index contributed by atoms with van der Waals surface area (Å²) in [6.07, 6.45) is 9.84. The monoisotopic (exact) mass is 298 g/mol. The van der Waals surface area contributed by atoms with Crippen molar-refractivity contribution < 1.29 is 15.0 Å². The molecule has 22 heavy (non-hydrogen) atoms. The van der Waals surface area contributed by atoms with Crippen LogP contribution in [-0.4, -0.2) is 22.8 Å². The SMILES string of the molecule is O=C(O)c1ccc2c(c1)CC[C@@H]1[C@@H]2CC[C@]2(CO)C=CC[C@@H]12. The van der Waals surface area contributed by atoms with Gasteiger partial charge >= 0.3 is 5.97 Å². The normalized spacial score (nSPS) is 35.6. The second-order valence-electron chi connectivity index (χ2n) is 7.20. The van der Waals surface area contributed by atoms with Crippen LogP contribution in [0.2, 0.25) is 0 Å². The molecule has 0 heterocycles. The van der Waals surface area contributed by atoms with E-state index in [4.69, 9.17) is 0 Å². The van der Waals surface area contributed by atoms with Gasteiger partial charge in [0.15, 0.2) is 0 Å². The van der Waals surface area contributed by atoms with E-state index in [-0.39, 0.29) is 12.0 Å². The van der Waals surface area contributed by atoms with Crippen LogP contribution >= 0.6 is 0 Å². The van der Waals surface area contributed by atoms with Gasteiger partial charge < -0.3 is 10.2 Å². The van der Waals surface area contributed by atoms with E-state index in [9.17, 15) is 15.0 Å². The van der Waals surface area contributed by atoms with Crippen molar-refractivity contribution in [2.45, 2.75) is 38.0 Å². The summed E-state index contributed by atoms with van der Waals surface area (Å²) in [4.78, 5) is 11.2. The summed E-state index contributed by atoms with van der Waals surface area (Å²) in [5.74, 6) is 0.881. The highest BCUT2D eigenvalue weighted by Gasteiger charge is 2.50. The molecular weight excluding hydrogens is 276 g/mol. The number of aliphatic hydroxyl groups is 1. The molecule has 4 rings (SSSR count). The Morgan fingerprint density at radius 3 is 2.95 bits per heavy atom. The van der Waals surface area contributed by atoms with Crippen LogP contribution in [-0.2, 0) is 6.42 Å². The van der Waals surface area contributed by atoms with Gasteiger partial charge in [-0.3, -0.25) is 0 Å². The van der Waals surface area contributed by atoms with Crippen LogP contribution in [0.4, 0.5) is 0 Å². The topological polar surface area (TPSA) is 57.5 Å². The molecule has 0 aliphatic heterocycles. The molecule has 3 heteroatoms. The summed E-state index contributed by atoms with van der Waals surface area (Å²) in [7, 11) is 0. The molecule has 3 nitrogen and oxygen atoms in total. The van der Waals surface area contributed by atoms with Gasteiger partial charge in [-0.05, 0) is 73.1 Å². The van der Waals surface area contributed by atoms with Crippen LogP contribution in [0.15, 0.2) is 30.4 Å². The molecular formula is C19H22O3. The third-order valence-electron chi connectivity index (χ3n) is 6.36. The van der Waals surface area contributed by atoms with Crippen LogP contribution in [0, 0.1) is 17.3 Å². The van der Waals surface area contributed by atoms with E-state index in [1.165, 1.54) is 11.1 Å². The van der Waals surface area contributed by atoms with Gasteiger partial charge in [0.05, 0.1) is 12.2 Å². The number of carbonyl (C=O) groups is 1. The van der Waals surface area contributed by atoms with E-state index < -0.39 is 5.97 Å². The van der Waals surface area contributed by atoms with Crippen LogP contribution in [0.1, 0.15) is 53.1 Å². The van der Waals surface area contributed by atoms with E-state index in [0.29, 0.717) is 23.3 Å². The molecule has 0 aromatic heterocycles. The Labute approximate surface area is 130 Å². The van der Waals surface area contributed by atoms with Gasteiger partial charge in [-0.2, -0.15) is 0 Å². The number of hydrogen-bond acceptors (Lipinski definition) is 2. The number of benzene rings is 1. The van der Waals surface area contributed by atoms with E-state index in [0.717, 1.165) is 32.1 Å². The Hall–Kier alpha value is -1.61. The van der Waals surface area contributed by atoms with Crippen LogP contribution in [0.25, 0.3) is 0 Å². The Bertz CT molecular complexity index is 648. The fourth-order valence-electron chi connectivity index (χ4n) is 5.27. The van der Waals surface area contributed by atoms with Crippen molar-refractivity contribution in [3.05, 3.63) is 47.0 Å². The Balaban J connectivity index is 1.69. The predicted molar refractivity (Wildman–Crippen MR) is 84.0 cm³/mol. The molecule has 3 aliphatic rings. The molecule has 1 fully saturated rings. The summed E-state index contributed by atoms with van der Waals surface area (Å²) < 4.78 is 0. The minimum atomic E-state index is -0.840. The molecule has 1 aromatic rings. The van der Waals surface area contributed by atoms with Crippen molar-refractivity contribution in [1.82, 2.24) is 0 Å². The smallest absolute Gasteiger partial charge is 0.335 e. The number of fused-ring (bicyclic) bond motifs is 5. The lowest BCUT2D eigenvalue weighted by Gasteiger charge is -2.49. The molecule has 0 bridgehead atoms. The zero-order valence-electron chi connectivity index (χ0n) is 12.7. The van der Waals surface area contributed by atoms with Gasteiger partial charge in [-0.15, -0.1) is 0 Å². The molecule has 0 unspecified atom stereocenters. The number of aryl methyl sites for hydroxylation is 1. The van der Waals surface area contributed by atoms with Crippen molar-refractivity contribution in [3.8, 4) is 0 Å². The molecule has 4 atom stereocenters. The third kappa shape index (κ3) is 1.88. The van der Waals surface area contributed by atoms with Gasteiger partial charge in [0.1, 0.15) is 0 Å². The minimum Gasteiger partial charge on any atom is -0.478 e. The van der Waals surface area contributed by atoms with Crippen molar-refractivity contribution in [2.24, 2.45) is 17.3 Å². The highest BCUT2D eigenvalue weighted by atomic mass is 16.4. The largest absolute Gasteiger partial charge is 0.478 e. The zero-order chi connectivity index (χ0) is 15.3. The predicted octanol–water partition coefficient (Wildman–Crippen LogP) is 3.38. The number of hydrogen-bond donors (Lipinski definition) is 2. The molecule has 0 saturated heterocycles. The fourth-order valence-corrected chi connectivity index (χ4v) is 5.27. The average molecular weight is 298 g/mol. The lowest BCUT2D eigenvalue weighted by Crippen LogP contribution is -2.43. The van der Waals surface area contributed by atoms with Crippen molar-refractivity contribution >= 4 is 5.97 Å². The maximum absolute atomic E-state index is 11.2. The van der Waals surface area contributed by atoms with Gasteiger partial charge in [0, 0.05) is 5.41 Å². The lowest BCUT2D eigenvalue weighted by molar-refractivity contribution is 0.0208. The van der Waals surface area contributed by atoms with E-state index in [1.54, 1.807) is 6.07 Å². The van der Waals surface area contributed by atoms with Crippen LogP contribution in [0.3, 0.4) is 0 Å². The molecule has 116 valence electrons. The maximum Gasteiger partial charge on any atom is 0.335 e. The van der Waals surface area contributed by atoms with Crippen LogP contribution < -0.4 is 0 Å². The van der Waals surface area contributed by atoms with Gasteiger partial charge in [0.25, 0.3) is 0 Å². The first-order chi connectivity index (χ1) is 10.6. The van der Waals surface area contributed by atoms with Crippen molar-refractivity contribution in [3.63, 3.8) is 0 Å². The molecule has 0 spiro atoms. The highest BCUT2D eigenvalue weighted by molar-refractivity contribution is 5.88. The lowest BCUT2D eigenvalue weighted by atomic mass is 9.55. The molecule has 0 amide bonds. The second kappa shape index (κ2) is 4.95.